The molecule has 98 valence electrons. The highest BCUT2D eigenvalue weighted by molar-refractivity contribution is 5.28. The Labute approximate surface area is 107 Å². The van der Waals surface area contributed by atoms with Crippen LogP contribution in [0.3, 0.4) is 0 Å². The Morgan fingerprint density at radius 2 is 2.11 bits per heavy atom. The van der Waals surface area contributed by atoms with Crippen LogP contribution in [0.1, 0.15) is 35.7 Å². The largest absolute Gasteiger partial charge is 0.313 e. The van der Waals surface area contributed by atoms with Crippen LogP contribution in [0.25, 0.3) is 0 Å². The topological polar surface area (TPSA) is 60.6 Å². The van der Waals surface area contributed by atoms with Crippen molar-refractivity contribution in [2.75, 3.05) is 7.05 Å². The molecule has 1 N–H and O–H groups in total. The van der Waals surface area contributed by atoms with Crippen LogP contribution in [-0.2, 0) is 13.6 Å². The van der Waals surface area contributed by atoms with E-state index in [1.807, 2.05) is 25.7 Å². The maximum Gasteiger partial charge on any atom is 0.148 e. The lowest BCUT2D eigenvalue weighted by Gasteiger charge is -2.11. The number of hydrogen-bond acceptors (Lipinski definition) is 4. The van der Waals surface area contributed by atoms with Gasteiger partial charge in [0, 0.05) is 24.3 Å². The van der Waals surface area contributed by atoms with Crippen molar-refractivity contribution in [2.24, 2.45) is 7.05 Å². The number of nitrogens with zero attached hydrogens (tertiary/aromatic N) is 5. The predicted octanol–water partition coefficient (Wildman–Crippen LogP) is 0.957. The molecule has 18 heavy (non-hydrogen) atoms. The number of rotatable bonds is 4. The average molecular weight is 248 g/mol. The molecule has 0 fully saturated rings. The molecule has 2 aromatic rings. The standard InChI is InChI=1S/C12H20N6/c1-8(13-4)12-9(2)16-18(10(12)3)6-11-14-7-15-17(11)5/h7-8,13H,6H2,1-5H3. The molecule has 0 amide bonds. The van der Waals surface area contributed by atoms with Crippen LogP contribution in [-0.4, -0.2) is 31.6 Å². The first-order valence-corrected chi connectivity index (χ1v) is 6.08. The number of hydrogen-bond donors (Lipinski definition) is 1. The van der Waals surface area contributed by atoms with Gasteiger partial charge in [0.25, 0.3) is 0 Å². The van der Waals surface area contributed by atoms with E-state index in [9.17, 15) is 0 Å². The molecule has 6 heteroatoms. The van der Waals surface area contributed by atoms with Crippen molar-refractivity contribution >= 4 is 0 Å². The summed E-state index contributed by atoms with van der Waals surface area (Å²) in [5.41, 5.74) is 3.51. The van der Waals surface area contributed by atoms with Crippen LogP contribution < -0.4 is 5.32 Å². The highest BCUT2D eigenvalue weighted by atomic mass is 15.4. The van der Waals surface area contributed by atoms with E-state index in [4.69, 9.17) is 0 Å². The minimum Gasteiger partial charge on any atom is -0.313 e. The van der Waals surface area contributed by atoms with E-state index in [-0.39, 0.29) is 0 Å². The third-order valence-electron chi connectivity index (χ3n) is 3.40. The summed E-state index contributed by atoms with van der Waals surface area (Å²) < 4.78 is 3.76. The van der Waals surface area contributed by atoms with Gasteiger partial charge in [-0.15, -0.1) is 0 Å². The normalized spacial score (nSPS) is 12.9. The van der Waals surface area contributed by atoms with Gasteiger partial charge in [0.1, 0.15) is 18.7 Å². The fourth-order valence-corrected chi connectivity index (χ4v) is 2.23. The van der Waals surface area contributed by atoms with Crippen molar-refractivity contribution in [1.82, 2.24) is 29.9 Å². The third kappa shape index (κ3) is 2.15. The van der Waals surface area contributed by atoms with Crippen LogP contribution >= 0.6 is 0 Å². The van der Waals surface area contributed by atoms with Crippen LogP contribution in [0.4, 0.5) is 0 Å². The lowest BCUT2D eigenvalue weighted by molar-refractivity contribution is 0.589. The molecule has 0 saturated heterocycles. The van der Waals surface area contributed by atoms with Crippen molar-refractivity contribution in [3.63, 3.8) is 0 Å². The second-order valence-corrected chi connectivity index (χ2v) is 4.55. The molecule has 0 spiro atoms. The summed E-state index contributed by atoms with van der Waals surface area (Å²) in [6.45, 7) is 6.94. The SMILES string of the molecule is CNC(C)c1c(C)nn(Cc2ncnn2C)c1C. The van der Waals surface area contributed by atoms with Crippen LogP contribution in [0, 0.1) is 13.8 Å². The second kappa shape index (κ2) is 4.89. The minimum atomic E-state index is 0.304. The van der Waals surface area contributed by atoms with E-state index in [1.165, 1.54) is 11.3 Å². The van der Waals surface area contributed by atoms with Gasteiger partial charge in [-0.25, -0.2) is 4.98 Å². The zero-order valence-electron chi connectivity index (χ0n) is 11.6. The number of aryl methyl sites for hydroxylation is 2. The molecule has 6 nitrogen and oxygen atoms in total. The molecule has 0 saturated carbocycles. The third-order valence-corrected chi connectivity index (χ3v) is 3.40. The first-order valence-electron chi connectivity index (χ1n) is 6.08. The summed E-state index contributed by atoms with van der Waals surface area (Å²) >= 11 is 0. The molecule has 2 aromatic heterocycles. The first kappa shape index (κ1) is 12.8. The molecule has 2 heterocycles. The molecule has 0 radical (unpaired) electrons. The Bertz CT molecular complexity index is 539. The van der Waals surface area contributed by atoms with Crippen molar-refractivity contribution < 1.29 is 0 Å². The summed E-state index contributed by atoms with van der Waals surface area (Å²) in [6, 6.07) is 0.304. The lowest BCUT2D eigenvalue weighted by Crippen LogP contribution is -2.14. The Kier molecular flexibility index (Phi) is 3.47. The fraction of sp³-hybridized carbons (Fsp3) is 0.583. The Morgan fingerprint density at radius 3 is 2.67 bits per heavy atom. The molecule has 0 bridgehead atoms. The van der Waals surface area contributed by atoms with Crippen molar-refractivity contribution in [1.29, 1.82) is 0 Å². The predicted molar refractivity (Wildman–Crippen MR) is 69.3 cm³/mol. The average Bonchev–Trinajstić information content (AvgIpc) is 2.85. The van der Waals surface area contributed by atoms with Gasteiger partial charge in [-0.05, 0) is 27.8 Å². The summed E-state index contributed by atoms with van der Waals surface area (Å²) in [4.78, 5) is 4.23. The van der Waals surface area contributed by atoms with Crippen LogP contribution in [0.15, 0.2) is 6.33 Å². The smallest absolute Gasteiger partial charge is 0.148 e. The Hall–Kier alpha value is -1.69. The summed E-state index contributed by atoms with van der Waals surface area (Å²) in [7, 11) is 3.86. The van der Waals surface area contributed by atoms with Crippen LogP contribution in [0.2, 0.25) is 0 Å². The van der Waals surface area contributed by atoms with Crippen LogP contribution in [0.5, 0.6) is 0 Å². The van der Waals surface area contributed by atoms with E-state index >= 15 is 0 Å². The van der Waals surface area contributed by atoms with Gasteiger partial charge in [-0.1, -0.05) is 0 Å². The minimum absolute atomic E-state index is 0.304. The molecular formula is C12H20N6. The second-order valence-electron chi connectivity index (χ2n) is 4.55. The summed E-state index contributed by atoms with van der Waals surface area (Å²) in [5.74, 6) is 0.907. The molecule has 1 unspecified atom stereocenters. The van der Waals surface area contributed by atoms with Crippen molar-refractivity contribution in [3.05, 3.63) is 29.1 Å². The van der Waals surface area contributed by atoms with Gasteiger partial charge in [0.05, 0.1) is 5.69 Å². The quantitative estimate of drug-likeness (QED) is 0.875. The molecular weight excluding hydrogens is 228 g/mol. The monoisotopic (exact) mass is 248 g/mol. The zero-order valence-corrected chi connectivity index (χ0v) is 11.6. The maximum absolute atomic E-state index is 4.59. The van der Waals surface area contributed by atoms with Crippen molar-refractivity contribution in [2.45, 2.75) is 33.4 Å². The van der Waals surface area contributed by atoms with E-state index < -0.39 is 0 Å². The zero-order chi connectivity index (χ0) is 13.3. The number of nitrogens with one attached hydrogen (secondary N) is 1. The maximum atomic E-state index is 4.59. The molecule has 1 atom stereocenters. The van der Waals surface area contributed by atoms with Gasteiger partial charge >= 0.3 is 0 Å². The van der Waals surface area contributed by atoms with Crippen molar-refractivity contribution in [3.8, 4) is 0 Å². The molecule has 0 aliphatic carbocycles. The number of aromatic nitrogens is 5. The Balaban J connectivity index is 2.33. The van der Waals surface area contributed by atoms with E-state index in [0.29, 0.717) is 12.6 Å². The highest BCUT2D eigenvalue weighted by Crippen LogP contribution is 2.21. The molecule has 0 aliphatic heterocycles. The van der Waals surface area contributed by atoms with Gasteiger partial charge in [-0.2, -0.15) is 10.2 Å². The van der Waals surface area contributed by atoms with Gasteiger partial charge in [-0.3, -0.25) is 9.36 Å². The summed E-state index contributed by atoms with van der Waals surface area (Å²) in [6.07, 6.45) is 1.57. The van der Waals surface area contributed by atoms with E-state index in [0.717, 1.165) is 11.5 Å². The molecule has 2 rings (SSSR count). The highest BCUT2D eigenvalue weighted by Gasteiger charge is 2.17. The molecule has 0 aliphatic rings. The fourth-order valence-electron chi connectivity index (χ4n) is 2.23. The molecule has 0 aromatic carbocycles. The first-order chi connectivity index (χ1) is 8.54. The lowest BCUT2D eigenvalue weighted by atomic mass is 10.1. The Morgan fingerprint density at radius 1 is 1.39 bits per heavy atom. The van der Waals surface area contributed by atoms with Gasteiger partial charge in [0.2, 0.25) is 0 Å². The van der Waals surface area contributed by atoms with Gasteiger partial charge < -0.3 is 5.32 Å². The van der Waals surface area contributed by atoms with E-state index in [1.54, 1.807) is 11.0 Å². The summed E-state index contributed by atoms with van der Waals surface area (Å²) in [5, 5.41) is 11.9. The van der Waals surface area contributed by atoms with Gasteiger partial charge in [0.15, 0.2) is 0 Å². The van der Waals surface area contributed by atoms with E-state index in [2.05, 4.69) is 34.3 Å².